The minimum absolute atomic E-state index is 0.00773. The smallest absolute Gasteiger partial charge is 0.433 e. The maximum atomic E-state index is 13.4. The number of ether oxygens (including phenoxy) is 2. The number of carbonyl (C=O) groups is 1. The molecule has 2 aromatic heterocycles. The third-order valence-corrected chi connectivity index (χ3v) is 6.44. The van der Waals surface area contributed by atoms with E-state index in [0.717, 1.165) is 10.0 Å². The molecule has 0 radical (unpaired) electrons. The summed E-state index contributed by atoms with van der Waals surface area (Å²) in [5, 5.41) is 8.87. The van der Waals surface area contributed by atoms with Crippen molar-refractivity contribution in [1.82, 2.24) is 8.96 Å². The number of halogens is 3. The number of fused-ring (bicyclic) bond motifs is 2. The molecule has 4 rings (SSSR count). The lowest BCUT2D eigenvalue weighted by Gasteiger charge is -2.12. The molecule has 0 unspecified atom stereocenters. The van der Waals surface area contributed by atoms with Gasteiger partial charge in [-0.1, -0.05) is 0 Å². The Morgan fingerprint density at radius 1 is 1.13 bits per heavy atom. The van der Waals surface area contributed by atoms with E-state index in [4.69, 9.17) is 14.6 Å². The standard InChI is InChI=1S/C19H15F3N2O6S/c20-19(21,22)17-7-5-14-13(23-17)8-11(2-1-3-18(25)26)24(14)31(27,28)12-4-6-15-16(9-12)30-10-29-15/h4-9H,1-3,10H2,(H,25,26). The van der Waals surface area contributed by atoms with Crippen LogP contribution in [-0.2, 0) is 27.4 Å². The van der Waals surface area contributed by atoms with Crippen molar-refractivity contribution in [3.8, 4) is 11.5 Å². The number of pyridine rings is 1. The summed E-state index contributed by atoms with van der Waals surface area (Å²) in [7, 11) is -4.26. The number of hydrogen-bond acceptors (Lipinski definition) is 6. The second-order valence-corrected chi connectivity index (χ2v) is 8.55. The third-order valence-electron chi connectivity index (χ3n) is 4.68. The summed E-state index contributed by atoms with van der Waals surface area (Å²) in [5.74, 6) is -0.476. The van der Waals surface area contributed by atoms with Gasteiger partial charge in [0.15, 0.2) is 11.5 Å². The van der Waals surface area contributed by atoms with Crippen LogP contribution in [0.3, 0.4) is 0 Å². The van der Waals surface area contributed by atoms with Crippen LogP contribution in [0, 0.1) is 0 Å². The fourth-order valence-corrected chi connectivity index (χ4v) is 4.87. The normalized spacial score (nSPS) is 13.6. The van der Waals surface area contributed by atoms with Gasteiger partial charge < -0.3 is 14.6 Å². The summed E-state index contributed by atoms with van der Waals surface area (Å²) < 4.78 is 77.3. The first-order valence-electron chi connectivity index (χ1n) is 9.03. The number of aromatic nitrogens is 2. The lowest BCUT2D eigenvalue weighted by molar-refractivity contribution is -0.141. The van der Waals surface area contributed by atoms with Gasteiger partial charge in [0, 0.05) is 18.2 Å². The molecule has 1 aliphatic heterocycles. The van der Waals surface area contributed by atoms with Crippen molar-refractivity contribution < 1.29 is 41.0 Å². The van der Waals surface area contributed by atoms with Crippen molar-refractivity contribution in [2.45, 2.75) is 30.3 Å². The summed E-state index contributed by atoms with van der Waals surface area (Å²) in [5.41, 5.74) is -1.24. The van der Waals surface area contributed by atoms with Gasteiger partial charge in [-0.2, -0.15) is 13.2 Å². The van der Waals surface area contributed by atoms with Gasteiger partial charge in [0.1, 0.15) is 5.69 Å². The van der Waals surface area contributed by atoms with E-state index < -0.39 is 27.9 Å². The van der Waals surface area contributed by atoms with Crippen LogP contribution in [-0.4, -0.2) is 35.2 Å². The van der Waals surface area contributed by atoms with Gasteiger partial charge >= 0.3 is 12.1 Å². The van der Waals surface area contributed by atoms with Crippen LogP contribution in [0.5, 0.6) is 11.5 Å². The fraction of sp³-hybridized carbons (Fsp3) is 0.263. The van der Waals surface area contributed by atoms with Crippen molar-refractivity contribution in [3.63, 3.8) is 0 Å². The maximum Gasteiger partial charge on any atom is 0.433 e. The van der Waals surface area contributed by atoms with Crippen LogP contribution in [0.4, 0.5) is 13.2 Å². The van der Waals surface area contributed by atoms with Gasteiger partial charge in [0.05, 0.1) is 15.9 Å². The Morgan fingerprint density at radius 3 is 2.58 bits per heavy atom. The monoisotopic (exact) mass is 456 g/mol. The topological polar surface area (TPSA) is 108 Å². The molecule has 12 heteroatoms. The lowest BCUT2D eigenvalue weighted by atomic mass is 10.2. The number of alkyl halides is 3. The molecule has 0 saturated carbocycles. The fourth-order valence-electron chi connectivity index (χ4n) is 3.30. The van der Waals surface area contributed by atoms with Crippen LogP contribution >= 0.6 is 0 Å². The molecule has 3 heterocycles. The number of carboxylic acids is 1. The van der Waals surface area contributed by atoms with Gasteiger partial charge in [-0.15, -0.1) is 0 Å². The second-order valence-electron chi connectivity index (χ2n) is 6.77. The van der Waals surface area contributed by atoms with Gasteiger partial charge in [-0.25, -0.2) is 17.4 Å². The van der Waals surface area contributed by atoms with Gasteiger partial charge in [0.2, 0.25) is 6.79 Å². The maximum absolute atomic E-state index is 13.4. The minimum Gasteiger partial charge on any atom is -0.481 e. The zero-order valence-corrected chi connectivity index (χ0v) is 16.5. The van der Waals surface area contributed by atoms with Gasteiger partial charge in [-0.05, 0) is 43.2 Å². The van der Waals surface area contributed by atoms with Crippen molar-refractivity contribution >= 4 is 27.0 Å². The first-order chi connectivity index (χ1) is 14.6. The highest BCUT2D eigenvalue weighted by Crippen LogP contribution is 2.36. The quantitative estimate of drug-likeness (QED) is 0.606. The SMILES string of the molecule is O=C(O)CCCc1cc2nc(C(F)(F)F)ccc2n1S(=O)(=O)c1ccc2c(c1)OCO2. The second kappa shape index (κ2) is 7.45. The molecular weight excluding hydrogens is 441 g/mol. The molecule has 31 heavy (non-hydrogen) atoms. The predicted octanol–water partition coefficient (Wildman–Crippen LogP) is 3.43. The molecule has 0 amide bonds. The number of aryl methyl sites for hydroxylation is 1. The highest BCUT2D eigenvalue weighted by molar-refractivity contribution is 7.90. The van der Waals surface area contributed by atoms with Crippen molar-refractivity contribution in [2.24, 2.45) is 0 Å². The average molecular weight is 456 g/mol. The predicted molar refractivity (Wildman–Crippen MR) is 100 cm³/mol. The Hall–Kier alpha value is -3.28. The van der Waals surface area contributed by atoms with Crippen LogP contribution in [0.15, 0.2) is 41.3 Å². The van der Waals surface area contributed by atoms with E-state index in [1.54, 1.807) is 0 Å². The van der Waals surface area contributed by atoms with Crippen molar-refractivity contribution in [1.29, 1.82) is 0 Å². The summed E-state index contributed by atoms with van der Waals surface area (Å²) in [6.45, 7) is -0.0597. The van der Waals surface area contributed by atoms with E-state index in [1.165, 1.54) is 24.3 Å². The number of rotatable bonds is 6. The zero-order valence-electron chi connectivity index (χ0n) is 15.7. The van der Waals surface area contributed by atoms with Crippen LogP contribution in [0.2, 0.25) is 0 Å². The Balaban J connectivity index is 1.86. The Morgan fingerprint density at radius 2 is 1.87 bits per heavy atom. The van der Waals surface area contributed by atoms with Crippen LogP contribution in [0.25, 0.3) is 11.0 Å². The van der Waals surface area contributed by atoms with Gasteiger partial charge in [0.25, 0.3) is 10.0 Å². The van der Waals surface area contributed by atoms with E-state index in [-0.39, 0.29) is 53.4 Å². The molecule has 164 valence electrons. The summed E-state index contributed by atoms with van der Waals surface area (Å²) in [6.07, 6.45) is -4.83. The summed E-state index contributed by atoms with van der Waals surface area (Å²) >= 11 is 0. The number of carboxylic acid groups (broad SMARTS) is 1. The largest absolute Gasteiger partial charge is 0.481 e. The zero-order chi connectivity index (χ0) is 22.4. The third kappa shape index (κ3) is 3.90. The number of hydrogen-bond donors (Lipinski definition) is 1. The molecular formula is C19H15F3N2O6S. The summed E-state index contributed by atoms with van der Waals surface area (Å²) in [6, 6.07) is 6.96. The first kappa shape index (κ1) is 21.0. The molecule has 0 bridgehead atoms. The van der Waals surface area contributed by atoms with Crippen molar-refractivity contribution in [3.05, 3.63) is 47.8 Å². The lowest BCUT2D eigenvalue weighted by Crippen LogP contribution is -2.16. The molecule has 0 atom stereocenters. The molecule has 1 N–H and O–H groups in total. The van der Waals surface area contributed by atoms with E-state index in [2.05, 4.69) is 4.98 Å². The Kier molecular flexibility index (Phi) is 5.04. The molecule has 0 spiro atoms. The molecule has 1 aliphatic rings. The highest BCUT2D eigenvalue weighted by atomic mass is 32.2. The summed E-state index contributed by atoms with van der Waals surface area (Å²) in [4.78, 5) is 14.2. The van der Waals surface area contributed by atoms with Crippen molar-refractivity contribution in [2.75, 3.05) is 6.79 Å². The van der Waals surface area contributed by atoms with E-state index in [1.807, 2.05) is 0 Å². The first-order valence-corrected chi connectivity index (χ1v) is 10.5. The number of benzene rings is 1. The minimum atomic E-state index is -4.70. The molecule has 8 nitrogen and oxygen atoms in total. The number of nitrogens with zero attached hydrogens (tertiary/aromatic N) is 2. The van der Waals surface area contributed by atoms with Crippen LogP contribution in [0.1, 0.15) is 24.2 Å². The van der Waals surface area contributed by atoms with E-state index >= 15 is 0 Å². The molecule has 0 fully saturated rings. The Bertz CT molecular complexity index is 1280. The average Bonchev–Trinajstić information content (AvgIpc) is 3.30. The molecule has 1 aromatic carbocycles. The van der Waals surface area contributed by atoms with Gasteiger partial charge in [-0.3, -0.25) is 4.79 Å². The highest BCUT2D eigenvalue weighted by Gasteiger charge is 2.34. The molecule has 3 aromatic rings. The Labute approximate surface area is 173 Å². The molecule has 0 saturated heterocycles. The number of aliphatic carboxylic acids is 1. The molecule has 0 aliphatic carbocycles. The van der Waals surface area contributed by atoms with E-state index in [9.17, 15) is 26.4 Å². The van der Waals surface area contributed by atoms with E-state index in [0.29, 0.717) is 11.8 Å². The van der Waals surface area contributed by atoms with Crippen LogP contribution < -0.4 is 9.47 Å².